The van der Waals surface area contributed by atoms with E-state index in [1.165, 1.54) is 37.2 Å². The van der Waals surface area contributed by atoms with E-state index in [-0.39, 0.29) is 18.5 Å². The number of benzene rings is 6. The van der Waals surface area contributed by atoms with E-state index in [0.717, 1.165) is 67.8 Å². The minimum atomic E-state index is -0.191. The summed E-state index contributed by atoms with van der Waals surface area (Å²) in [5.74, 6) is 0. The molecule has 0 spiro atoms. The summed E-state index contributed by atoms with van der Waals surface area (Å²) in [4.78, 5) is 1.39. The van der Waals surface area contributed by atoms with Crippen molar-refractivity contribution >= 4 is 70.9 Å². The standard InChI is InChI=1S/C45H33N3O2S/c1-2-10-26(11-3-1)43-46-44(28-21-23-38-36(24-28)30-12-4-6-18-37(30)49-38)48-45(47-43)35-17-9-15-33-31-22-20-27(25-39(31)50-41(33)35)29-14-8-16-34-32-13-5-7-19-40(32)51-42(29)34/h1-7,9-15,17-25,43-48H,8,16H2. The molecule has 3 N–H and O–H groups in total. The van der Waals surface area contributed by atoms with Gasteiger partial charge in [0.15, 0.2) is 0 Å². The van der Waals surface area contributed by atoms with Crippen molar-refractivity contribution in [3.8, 4) is 0 Å². The normalized spacial score (nSPS) is 19.3. The van der Waals surface area contributed by atoms with Crippen LogP contribution in [0, 0.1) is 0 Å². The number of allylic oxidation sites excluding steroid dienone is 1. The molecule has 1 saturated heterocycles. The fraction of sp³-hybridized carbons (Fsp3) is 0.111. The van der Waals surface area contributed by atoms with Crippen molar-refractivity contribution in [3.05, 3.63) is 172 Å². The van der Waals surface area contributed by atoms with Crippen molar-refractivity contribution < 1.29 is 8.83 Å². The van der Waals surface area contributed by atoms with Crippen LogP contribution in [0.15, 0.2) is 148 Å². The predicted octanol–water partition coefficient (Wildman–Crippen LogP) is 11.3. The van der Waals surface area contributed by atoms with Crippen LogP contribution in [0.25, 0.3) is 59.5 Å². The molecule has 1 fully saturated rings. The largest absolute Gasteiger partial charge is 0.456 e. The van der Waals surface area contributed by atoms with Crippen LogP contribution in [-0.2, 0) is 6.42 Å². The molecule has 0 radical (unpaired) electrons. The van der Waals surface area contributed by atoms with E-state index in [9.17, 15) is 0 Å². The Balaban J connectivity index is 1.00. The van der Waals surface area contributed by atoms with Gasteiger partial charge in [0.25, 0.3) is 0 Å². The smallest absolute Gasteiger partial charge is 0.141 e. The third kappa shape index (κ3) is 4.72. The lowest BCUT2D eigenvalue weighted by molar-refractivity contribution is 0.203. The van der Waals surface area contributed by atoms with Gasteiger partial charge in [-0.05, 0) is 82.5 Å². The van der Waals surface area contributed by atoms with Gasteiger partial charge in [-0.2, -0.15) is 0 Å². The number of nitrogens with one attached hydrogen (secondary N) is 3. The van der Waals surface area contributed by atoms with E-state index < -0.39 is 0 Å². The molecule has 3 atom stereocenters. The second-order valence-corrected chi connectivity index (χ2v) is 14.7. The summed E-state index contributed by atoms with van der Waals surface area (Å²) < 4.78 is 14.4. The molecule has 0 amide bonds. The van der Waals surface area contributed by atoms with E-state index >= 15 is 0 Å². The zero-order chi connectivity index (χ0) is 33.5. The van der Waals surface area contributed by atoms with E-state index in [1.807, 2.05) is 23.5 Å². The van der Waals surface area contributed by atoms with Crippen molar-refractivity contribution in [3.63, 3.8) is 0 Å². The van der Waals surface area contributed by atoms with Crippen LogP contribution in [0.5, 0.6) is 0 Å². The van der Waals surface area contributed by atoms with Crippen LogP contribution < -0.4 is 16.0 Å². The number of hydrogen-bond donors (Lipinski definition) is 3. The molecular formula is C45H33N3O2S. The summed E-state index contributed by atoms with van der Waals surface area (Å²) in [6.45, 7) is 0. The molecule has 0 saturated carbocycles. The van der Waals surface area contributed by atoms with Crippen LogP contribution in [0.4, 0.5) is 0 Å². The van der Waals surface area contributed by atoms with Gasteiger partial charge in [-0.25, -0.2) is 0 Å². The molecule has 5 nitrogen and oxygen atoms in total. The van der Waals surface area contributed by atoms with Crippen LogP contribution >= 0.6 is 11.3 Å². The molecule has 6 heteroatoms. The summed E-state index contributed by atoms with van der Waals surface area (Å²) in [6, 6.07) is 47.4. The topological polar surface area (TPSA) is 62.4 Å². The maximum absolute atomic E-state index is 6.86. The lowest BCUT2D eigenvalue weighted by Gasteiger charge is -2.39. The lowest BCUT2D eigenvalue weighted by Crippen LogP contribution is -2.54. The molecule has 3 unspecified atom stereocenters. The van der Waals surface area contributed by atoms with Crippen LogP contribution in [0.1, 0.15) is 57.6 Å². The van der Waals surface area contributed by atoms with Gasteiger partial charge in [-0.15, -0.1) is 11.3 Å². The van der Waals surface area contributed by atoms with Gasteiger partial charge in [-0.1, -0.05) is 103 Å². The molecule has 1 aliphatic carbocycles. The van der Waals surface area contributed by atoms with Gasteiger partial charge in [0.1, 0.15) is 22.3 Å². The maximum Gasteiger partial charge on any atom is 0.141 e. The van der Waals surface area contributed by atoms with E-state index in [1.54, 1.807) is 0 Å². The van der Waals surface area contributed by atoms with E-state index in [4.69, 9.17) is 8.83 Å². The summed E-state index contributed by atoms with van der Waals surface area (Å²) in [5.41, 5.74) is 11.0. The lowest BCUT2D eigenvalue weighted by atomic mass is 9.91. The van der Waals surface area contributed by atoms with Crippen molar-refractivity contribution in [1.82, 2.24) is 16.0 Å². The van der Waals surface area contributed by atoms with Gasteiger partial charge >= 0.3 is 0 Å². The van der Waals surface area contributed by atoms with Crippen molar-refractivity contribution in [2.45, 2.75) is 31.3 Å². The second kappa shape index (κ2) is 11.5. The first kappa shape index (κ1) is 29.3. The van der Waals surface area contributed by atoms with E-state index in [0.29, 0.717) is 0 Å². The van der Waals surface area contributed by atoms with E-state index in [2.05, 4.69) is 143 Å². The summed E-state index contributed by atoms with van der Waals surface area (Å²) in [5, 5.41) is 17.5. The molecule has 2 aliphatic rings. The molecule has 4 heterocycles. The Hall–Kier alpha value is -5.50. The third-order valence-electron chi connectivity index (χ3n) is 10.7. The summed E-state index contributed by atoms with van der Waals surface area (Å²) in [7, 11) is 0. The summed E-state index contributed by atoms with van der Waals surface area (Å²) in [6.07, 6.45) is 4.12. The number of furan rings is 2. The minimum Gasteiger partial charge on any atom is -0.456 e. The molecule has 9 aromatic rings. The molecule has 246 valence electrons. The van der Waals surface area contributed by atoms with Gasteiger partial charge in [0.2, 0.25) is 0 Å². The van der Waals surface area contributed by atoms with Crippen molar-refractivity contribution in [2.75, 3.05) is 0 Å². The van der Waals surface area contributed by atoms with Crippen LogP contribution in [0.3, 0.4) is 0 Å². The Morgan fingerprint density at radius 2 is 1.27 bits per heavy atom. The number of rotatable bonds is 4. The van der Waals surface area contributed by atoms with Crippen LogP contribution in [-0.4, -0.2) is 0 Å². The first-order chi connectivity index (χ1) is 25.2. The SMILES string of the molecule is C1=C(c2ccc3c(c2)oc2c(C4NC(c5ccccc5)NC(c5ccc6oc7ccccc7c6c5)N4)cccc23)c2sc3ccccc3c2CC1. The average molecular weight is 680 g/mol. The Labute approximate surface area is 298 Å². The average Bonchev–Trinajstić information content (AvgIpc) is 3.88. The Kier molecular flexibility index (Phi) is 6.61. The minimum absolute atomic E-state index is 0.0979. The maximum atomic E-state index is 6.86. The Morgan fingerprint density at radius 3 is 2.20 bits per heavy atom. The summed E-state index contributed by atoms with van der Waals surface area (Å²) >= 11 is 1.91. The number of aryl methyl sites for hydroxylation is 1. The fourth-order valence-electron chi connectivity index (χ4n) is 8.26. The quantitative estimate of drug-likeness (QED) is 0.173. The molecule has 3 aromatic heterocycles. The molecule has 51 heavy (non-hydrogen) atoms. The molecule has 6 aromatic carbocycles. The second-order valence-electron chi connectivity index (χ2n) is 13.7. The van der Waals surface area contributed by atoms with Gasteiger partial charge in [0, 0.05) is 36.7 Å². The fourth-order valence-corrected chi connectivity index (χ4v) is 9.57. The molecular weight excluding hydrogens is 647 g/mol. The number of thiophene rings is 1. The third-order valence-corrected chi connectivity index (χ3v) is 12.0. The van der Waals surface area contributed by atoms with Gasteiger partial charge in [-0.3, -0.25) is 16.0 Å². The zero-order valence-electron chi connectivity index (χ0n) is 27.7. The number of fused-ring (bicyclic) bond motifs is 9. The Morgan fingerprint density at radius 1 is 0.529 bits per heavy atom. The number of hydrogen-bond acceptors (Lipinski definition) is 6. The monoisotopic (exact) mass is 679 g/mol. The van der Waals surface area contributed by atoms with Crippen molar-refractivity contribution in [1.29, 1.82) is 0 Å². The number of para-hydroxylation sites is 2. The highest BCUT2D eigenvalue weighted by Gasteiger charge is 2.32. The highest BCUT2D eigenvalue weighted by molar-refractivity contribution is 7.20. The first-order valence-electron chi connectivity index (χ1n) is 17.7. The Bertz CT molecular complexity index is 2830. The van der Waals surface area contributed by atoms with Crippen LogP contribution in [0.2, 0.25) is 0 Å². The highest BCUT2D eigenvalue weighted by atomic mass is 32.1. The molecule has 11 rings (SSSR count). The van der Waals surface area contributed by atoms with Gasteiger partial charge < -0.3 is 8.83 Å². The zero-order valence-corrected chi connectivity index (χ0v) is 28.5. The first-order valence-corrected chi connectivity index (χ1v) is 18.5. The van der Waals surface area contributed by atoms with Crippen molar-refractivity contribution in [2.24, 2.45) is 0 Å². The highest BCUT2D eigenvalue weighted by Crippen LogP contribution is 2.44. The van der Waals surface area contributed by atoms with Gasteiger partial charge in [0.05, 0.1) is 18.5 Å². The molecule has 0 bridgehead atoms. The predicted molar refractivity (Wildman–Crippen MR) is 209 cm³/mol. The molecule has 1 aliphatic heterocycles.